The molecule has 1 fully saturated rings. The molecule has 100 valence electrons. The lowest BCUT2D eigenvalue weighted by atomic mass is 10.3. The van der Waals surface area contributed by atoms with Crippen LogP contribution in [0.25, 0.3) is 0 Å². The van der Waals surface area contributed by atoms with Gasteiger partial charge in [-0.2, -0.15) is 0 Å². The summed E-state index contributed by atoms with van der Waals surface area (Å²) in [4.78, 5) is 14.7. The maximum absolute atomic E-state index is 11.8. The minimum absolute atomic E-state index is 0.0653. The highest BCUT2D eigenvalue weighted by molar-refractivity contribution is 7.07. The summed E-state index contributed by atoms with van der Waals surface area (Å²) < 4.78 is 9.04. The van der Waals surface area contributed by atoms with Crippen LogP contribution in [0.15, 0.2) is 0 Å². The van der Waals surface area contributed by atoms with Crippen LogP contribution in [-0.4, -0.2) is 59.8 Å². The molecule has 18 heavy (non-hydrogen) atoms. The van der Waals surface area contributed by atoms with Gasteiger partial charge in [-0.25, -0.2) is 0 Å². The van der Waals surface area contributed by atoms with E-state index in [2.05, 4.69) is 19.8 Å². The van der Waals surface area contributed by atoms with E-state index in [1.807, 2.05) is 0 Å². The summed E-state index contributed by atoms with van der Waals surface area (Å²) in [6, 6.07) is 0. The van der Waals surface area contributed by atoms with Crippen LogP contribution in [-0.2, 0) is 4.74 Å². The molecule has 0 unspecified atom stereocenters. The fourth-order valence-corrected chi connectivity index (χ4v) is 2.42. The highest BCUT2D eigenvalue weighted by Gasteiger charge is 2.13. The third kappa shape index (κ3) is 3.72. The molecule has 1 aliphatic heterocycles. The lowest BCUT2D eigenvalue weighted by Crippen LogP contribution is -2.38. The molecule has 0 aromatic carbocycles. The topological polar surface area (TPSA) is 67.4 Å². The number of aryl methyl sites for hydroxylation is 1. The van der Waals surface area contributed by atoms with Crippen molar-refractivity contribution in [3.05, 3.63) is 10.6 Å². The van der Waals surface area contributed by atoms with Crippen molar-refractivity contribution in [2.75, 3.05) is 39.4 Å². The predicted octanol–water partition coefficient (Wildman–Crippen LogP) is 0.299. The molecule has 2 rings (SSSR count). The molecule has 0 bridgehead atoms. The first-order chi connectivity index (χ1) is 8.77. The lowest BCUT2D eigenvalue weighted by molar-refractivity contribution is 0.0374. The number of morpholine rings is 1. The standard InChI is InChI=1S/C11H18N4O2S/c1-9-10(18-14-13-9)11(16)12-3-2-4-15-5-7-17-8-6-15/h2-8H2,1H3,(H,12,16). The van der Waals surface area contributed by atoms with Crippen molar-refractivity contribution in [1.82, 2.24) is 19.8 Å². The molecule has 1 aromatic heterocycles. The number of carbonyl (C=O) groups is 1. The fraction of sp³-hybridized carbons (Fsp3) is 0.727. The highest BCUT2D eigenvalue weighted by atomic mass is 32.1. The highest BCUT2D eigenvalue weighted by Crippen LogP contribution is 2.08. The van der Waals surface area contributed by atoms with E-state index in [9.17, 15) is 4.79 Å². The first-order valence-electron chi connectivity index (χ1n) is 6.14. The normalized spacial score (nSPS) is 16.7. The Kier molecular flexibility index (Phi) is 5.03. The van der Waals surface area contributed by atoms with E-state index in [0.717, 1.165) is 50.8 Å². The van der Waals surface area contributed by atoms with Crippen LogP contribution in [0.3, 0.4) is 0 Å². The van der Waals surface area contributed by atoms with Gasteiger partial charge in [-0.15, -0.1) is 5.10 Å². The summed E-state index contributed by atoms with van der Waals surface area (Å²) in [5, 5.41) is 6.72. The van der Waals surface area contributed by atoms with Gasteiger partial charge in [0.2, 0.25) is 0 Å². The van der Waals surface area contributed by atoms with E-state index in [4.69, 9.17) is 4.74 Å². The molecule has 1 N–H and O–H groups in total. The fourth-order valence-electron chi connectivity index (χ4n) is 1.85. The van der Waals surface area contributed by atoms with Crippen LogP contribution in [0, 0.1) is 6.92 Å². The Balaban J connectivity index is 1.63. The number of amides is 1. The van der Waals surface area contributed by atoms with Gasteiger partial charge in [0.15, 0.2) is 0 Å². The van der Waals surface area contributed by atoms with E-state index < -0.39 is 0 Å². The van der Waals surface area contributed by atoms with Crippen molar-refractivity contribution in [3.63, 3.8) is 0 Å². The summed E-state index contributed by atoms with van der Waals surface area (Å²) >= 11 is 1.14. The van der Waals surface area contributed by atoms with Crippen molar-refractivity contribution in [1.29, 1.82) is 0 Å². The number of hydrogen-bond donors (Lipinski definition) is 1. The molecule has 1 aromatic rings. The molecule has 0 radical (unpaired) electrons. The van der Waals surface area contributed by atoms with Crippen LogP contribution in [0.5, 0.6) is 0 Å². The largest absolute Gasteiger partial charge is 0.379 e. The average molecular weight is 270 g/mol. The zero-order valence-corrected chi connectivity index (χ0v) is 11.3. The van der Waals surface area contributed by atoms with Gasteiger partial charge in [-0.3, -0.25) is 9.69 Å². The molecule has 0 atom stereocenters. The Morgan fingerprint density at radius 2 is 2.28 bits per heavy atom. The summed E-state index contributed by atoms with van der Waals surface area (Å²) in [5.74, 6) is -0.0653. The number of ether oxygens (including phenoxy) is 1. The third-order valence-electron chi connectivity index (χ3n) is 2.90. The smallest absolute Gasteiger partial charge is 0.264 e. The second-order valence-electron chi connectivity index (χ2n) is 4.25. The summed E-state index contributed by atoms with van der Waals surface area (Å²) in [6.07, 6.45) is 0.955. The van der Waals surface area contributed by atoms with E-state index in [1.54, 1.807) is 6.92 Å². The minimum atomic E-state index is -0.0653. The van der Waals surface area contributed by atoms with Gasteiger partial charge in [0.25, 0.3) is 5.91 Å². The Hall–Kier alpha value is -1.05. The summed E-state index contributed by atoms with van der Waals surface area (Å²) in [5.41, 5.74) is 0.700. The maximum Gasteiger partial charge on any atom is 0.264 e. The Morgan fingerprint density at radius 3 is 2.94 bits per heavy atom. The van der Waals surface area contributed by atoms with Crippen molar-refractivity contribution in [2.24, 2.45) is 0 Å². The van der Waals surface area contributed by atoms with E-state index >= 15 is 0 Å². The van der Waals surface area contributed by atoms with E-state index in [0.29, 0.717) is 17.1 Å². The molecule has 6 nitrogen and oxygen atoms in total. The Morgan fingerprint density at radius 1 is 1.50 bits per heavy atom. The predicted molar refractivity (Wildman–Crippen MR) is 68.9 cm³/mol. The van der Waals surface area contributed by atoms with Crippen LogP contribution in [0.2, 0.25) is 0 Å². The van der Waals surface area contributed by atoms with Crippen molar-refractivity contribution in [2.45, 2.75) is 13.3 Å². The van der Waals surface area contributed by atoms with Crippen molar-refractivity contribution in [3.8, 4) is 0 Å². The molecular weight excluding hydrogens is 252 g/mol. The van der Waals surface area contributed by atoms with E-state index in [-0.39, 0.29) is 5.91 Å². The van der Waals surface area contributed by atoms with Gasteiger partial charge in [-0.1, -0.05) is 4.49 Å². The molecule has 0 saturated carbocycles. The quantitative estimate of drug-likeness (QED) is 0.779. The molecule has 0 spiro atoms. The molecule has 1 amide bonds. The van der Waals surface area contributed by atoms with Gasteiger partial charge in [0.05, 0.1) is 18.9 Å². The van der Waals surface area contributed by atoms with Gasteiger partial charge < -0.3 is 10.1 Å². The number of nitrogens with zero attached hydrogens (tertiary/aromatic N) is 3. The number of aromatic nitrogens is 2. The Labute approximate surface area is 110 Å². The van der Waals surface area contributed by atoms with Crippen LogP contribution in [0.1, 0.15) is 21.8 Å². The SMILES string of the molecule is Cc1nnsc1C(=O)NCCCN1CCOCC1. The first kappa shape index (κ1) is 13.4. The van der Waals surface area contributed by atoms with Gasteiger partial charge in [0.1, 0.15) is 4.88 Å². The number of nitrogens with one attached hydrogen (secondary N) is 1. The van der Waals surface area contributed by atoms with Gasteiger partial charge >= 0.3 is 0 Å². The van der Waals surface area contributed by atoms with Crippen LogP contribution in [0.4, 0.5) is 0 Å². The van der Waals surface area contributed by atoms with E-state index in [1.165, 1.54) is 0 Å². The molecule has 2 heterocycles. The van der Waals surface area contributed by atoms with Gasteiger partial charge in [0, 0.05) is 19.6 Å². The number of rotatable bonds is 5. The second kappa shape index (κ2) is 6.77. The third-order valence-corrected chi connectivity index (χ3v) is 3.72. The number of hydrogen-bond acceptors (Lipinski definition) is 6. The molecule has 1 saturated heterocycles. The minimum Gasteiger partial charge on any atom is -0.379 e. The summed E-state index contributed by atoms with van der Waals surface area (Å²) in [6.45, 7) is 7.11. The Bertz CT molecular complexity index is 390. The molecular formula is C11H18N4O2S. The zero-order valence-electron chi connectivity index (χ0n) is 10.5. The van der Waals surface area contributed by atoms with Gasteiger partial charge in [-0.05, 0) is 31.4 Å². The monoisotopic (exact) mass is 270 g/mol. The molecule has 0 aliphatic carbocycles. The van der Waals surface area contributed by atoms with Crippen LogP contribution < -0.4 is 5.32 Å². The second-order valence-corrected chi connectivity index (χ2v) is 5.01. The summed E-state index contributed by atoms with van der Waals surface area (Å²) in [7, 11) is 0. The van der Waals surface area contributed by atoms with Crippen LogP contribution >= 0.6 is 11.5 Å². The average Bonchev–Trinajstić information content (AvgIpc) is 2.82. The zero-order chi connectivity index (χ0) is 12.8. The first-order valence-corrected chi connectivity index (χ1v) is 6.92. The number of carbonyl (C=O) groups excluding carboxylic acids is 1. The molecule has 7 heteroatoms. The lowest BCUT2D eigenvalue weighted by Gasteiger charge is -2.26. The molecule has 1 aliphatic rings. The maximum atomic E-state index is 11.8. The van der Waals surface area contributed by atoms with Crippen molar-refractivity contribution >= 4 is 17.4 Å². The van der Waals surface area contributed by atoms with Crippen molar-refractivity contribution < 1.29 is 9.53 Å².